The van der Waals surface area contributed by atoms with E-state index >= 15 is 0 Å². The number of rotatable bonds is 4. The molecule has 2 heterocycles. The number of fused-ring (bicyclic) bond motifs is 1. The van der Waals surface area contributed by atoms with Crippen molar-refractivity contribution in [1.29, 1.82) is 0 Å². The monoisotopic (exact) mass is 299 g/mol. The van der Waals surface area contributed by atoms with Gasteiger partial charge < -0.3 is 10.3 Å². The van der Waals surface area contributed by atoms with E-state index in [1.807, 2.05) is 6.20 Å². The molecule has 2 N–H and O–H groups in total. The normalized spacial score (nSPS) is 12.1. The first-order valence-electron chi connectivity index (χ1n) is 7.29. The van der Waals surface area contributed by atoms with E-state index in [1.54, 1.807) is 11.3 Å². The highest BCUT2D eigenvalue weighted by Gasteiger charge is 2.10. The van der Waals surface area contributed by atoms with Crippen molar-refractivity contribution in [1.82, 2.24) is 15.3 Å². The Morgan fingerprint density at radius 3 is 2.81 bits per heavy atom. The molecule has 2 aromatic heterocycles. The average Bonchev–Trinajstić information content (AvgIpc) is 3.02. The van der Waals surface area contributed by atoms with Gasteiger partial charge >= 0.3 is 0 Å². The fraction of sp³-hybridized carbons (Fsp3) is 0.353. The van der Waals surface area contributed by atoms with Crippen LogP contribution in [-0.2, 0) is 6.42 Å². The van der Waals surface area contributed by atoms with Crippen LogP contribution in [0.2, 0.25) is 0 Å². The van der Waals surface area contributed by atoms with E-state index in [1.165, 1.54) is 15.0 Å². The quantitative estimate of drug-likeness (QED) is 0.757. The number of hydrogen-bond donors (Lipinski definition) is 2. The number of thiophene rings is 1. The molecule has 0 aliphatic carbocycles. The second-order valence-corrected chi connectivity index (χ2v) is 7.40. The predicted molar refractivity (Wildman–Crippen MR) is 90.9 cm³/mol. The molecule has 0 amide bonds. The molecule has 21 heavy (non-hydrogen) atoms. The van der Waals surface area contributed by atoms with Crippen LogP contribution in [0, 0.1) is 0 Å². The average molecular weight is 299 g/mol. The molecule has 0 aliphatic heterocycles. The zero-order chi connectivity index (χ0) is 14.9. The highest BCUT2D eigenvalue weighted by Crippen LogP contribution is 2.32. The van der Waals surface area contributed by atoms with Crippen molar-refractivity contribution in [3.63, 3.8) is 0 Å². The van der Waals surface area contributed by atoms with Crippen LogP contribution in [0.25, 0.3) is 20.7 Å². The molecule has 3 rings (SSSR count). The molecule has 0 unspecified atom stereocenters. The Bertz CT molecular complexity index is 701. The summed E-state index contributed by atoms with van der Waals surface area (Å²) in [5, 5.41) is 4.78. The maximum atomic E-state index is 4.49. The molecular formula is C17H21N3S. The van der Waals surface area contributed by atoms with Crippen LogP contribution in [0.3, 0.4) is 0 Å². The third kappa shape index (κ3) is 3.52. The minimum absolute atomic E-state index is 0.154. The van der Waals surface area contributed by atoms with Crippen LogP contribution < -0.4 is 5.32 Å². The first-order chi connectivity index (χ1) is 10.0. The minimum Gasteiger partial charge on any atom is -0.341 e. The van der Waals surface area contributed by atoms with Gasteiger partial charge in [0.2, 0.25) is 0 Å². The second-order valence-electron chi connectivity index (χ2n) is 6.32. The smallest absolute Gasteiger partial charge is 0.107 e. The first kappa shape index (κ1) is 14.3. The molecule has 1 aromatic carbocycles. The van der Waals surface area contributed by atoms with Gasteiger partial charge in [-0.1, -0.05) is 18.2 Å². The summed E-state index contributed by atoms with van der Waals surface area (Å²) < 4.78 is 1.32. The molecule has 0 spiro atoms. The fourth-order valence-corrected chi connectivity index (χ4v) is 3.31. The zero-order valence-corrected chi connectivity index (χ0v) is 13.6. The Morgan fingerprint density at radius 2 is 2.05 bits per heavy atom. The molecule has 0 bridgehead atoms. The lowest BCUT2D eigenvalue weighted by molar-refractivity contribution is 0.427. The van der Waals surface area contributed by atoms with Crippen molar-refractivity contribution in [2.45, 2.75) is 32.7 Å². The van der Waals surface area contributed by atoms with E-state index in [-0.39, 0.29) is 5.54 Å². The van der Waals surface area contributed by atoms with Crippen molar-refractivity contribution in [2.24, 2.45) is 0 Å². The van der Waals surface area contributed by atoms with Gasteiger partial charge in [-0.15, -0.1) is 11.3 Å². The molecule has 4 heteroatoms. The van der Waals surface area contributed by atoms with Gasteiger partial charge in [0.15, 0.2) is 0 Å². The third-order valence-corrected chi connectivity index (χ3v) is 4.49. The lowest BCUT2D eigenvalue weighted by Crippen LogP contribution is -2.37. The van der Waals surface area contributed by atoms with Crippen LogP contribution in [0.5, 0.6) is 0 Å². The van der Waals surface area contributed by atoms with E-state index in [4.69, 9.17) is 0 Å². The van der Waals surface area contributed by atoms with Crippen LogP contribution in [0.4, 0.5) is 0 Å². The summed E-state index contributed by atoms with van der Waals surface area (Å²) in [5.74, 6) is 1.04. The number of H-pyrrole nitrogens is 1. The van der Waals surface area contributed by atoms with Gasteiger partial charge in [-0.05, 0) is 38.3 Å². The summed E-state index contributed by atoms with van der Waals surface area (Å²) in [6, 6.07) is 10.7. The highest BCUT2D eigenvalue weighted by atomic mass is 32.1. The number of nitrogens with zero attached hydrogens (tertiary/aromatic N) is 1. The van der Waals surface area contributed by atoms with Crippen LogP contribution in [0.1, 0.15) is 26.6 Å². The number of imidazole rings is 1. The molecule has 0 radical (unpaired) electrons. The standard InChI is InChI=1S/C17H21N3S/c1-17(2,3)19-9-8-16-18-11-13(20-16)15-10-12-6-4-5-7-14(12)21-15/h4-7,10-11,19H,8-9H2,1-3H3,(H,18,20). The maximum absolute atomic E-state index is 4.49. The van der Waals surface area contributed by atoms with Gasteiger partial charge in [0.05, 0.1) is 16.8 Å². The maximum Gasteiger partial charge on any atom is 0.107 e. The summed E-state index contributed by atoms with van der Waals surface area (Å²) in [6.07, 6.45) is 2.86. The number of aromatic nitrogens is 2. The van der Waals surface area contributed by atoms with E-state index in [0.717, 1.165) is 24.5 Å². The van der Waals surface area contributed by atoms with E-state index in [9.17, 15) is 0 Å². The van der Waals surface area contributed by atoms with Crippen molar-refractivity contribution in [3.8, 4) is 10.6 Å². The van der Waals surface area contributed by atoms with Gasteiger partial charge in [0.1, 0.15) is 5.82 Å². The Labute approximate surface area is 129 Å². The Hall–Kier alpha value is -1.65. The number of hydrogen-bond acceptors (Lipinski definition) is 3. The van der Waals surface area contributed by atoms with Gasteiger partial charge in [-0.3, -0.25) is 0 Å². The van der Waals surface area contributed by atoms with Crippen LogP contribution in [0.15, 0.2) is 36.5 Å². The van der Waals surface area contributed by atoms with Gasteiger partial charge in [0.25, 0.3) is 0 Å². The SMILES string of the molecule is CC(C)(C)NCCc1ncc(-c2cc3ccccc3s2)[nH]1. The predicted octanol–water partition coefficient (Wildman–Crippen LogP) is 4.22. The summed E-state index contributed by atoms with van der Waals surface area (Å²) >= 11 is 1.80. The van der Waals surface area contributed by atoms with Crippen molar-refractivity contribution in [2.75, 3.05) is 6.54 Å². The lowest BCUT2D eigenvalue weighted by atomic mass is 10.1. The Kier molecular flexibility index (Phi) is 3.83. The van der Waals surface area contributed by atoms with Gasteiger partial charge in [-0.2, -0.15) is 0 Å². The topological polar surface area (TPSA) is 40.7 Å². The van der Waals surface area contributed by atoms with Crippen molar-refractivity contribution >= 4 is 21.4 Å². The molecule has 0 saturated carbocycles. The molecule has 0 fully saturated rings. The van der Waals surface area contributed by atoms with E-state index in [0.29, 0.717) is 0 Å². The van der Waals surface area contributed by atoms with Gasteiger partial charge in [0, 0.05) is 23.2 Å². The number of nitrogens with one attached hydrogen (secondary N) is 2. The summed E-state index contributed by atoms with van der Waals surface area (Å²) in [4.78, 5) is 9.18. The molecule has 0 saturated heterocycles. The van der Waals surface area contributed by atoms with E-state index in [2.05, 4.69) is 66.4 Å². The summed E-state index contributed by atoms with van der Waals surface area (Å²) in [6.45, 7) is 7.47. The van der Waals surface area contributed by atoms with E-state index < -0.39 is 0 Å². The summed E-state index contributed by atoms with van der Waals surface area (Å²) in [5.41, 5.74) is 1.27. The Morgan fingerprint density at radius 1 is 1.24 bits per heavy atom. The second kappa shape index (κ2) is 5.62. The molecule has 3 aromatic rings. The van der Waals surface area contributed by atoms with Crippen LogP contribution in [-0.4, -0.2) is 22.1 Å². The van der Waals surface area contributed by atoms with Crippen molar-refractivity contribution < 1.29 is 0 Å². The number of benzene rings is 1. The molecule has 0 aliphatic rings. The van der Waals surface area contributed by atoms with Crippen LogP contribution >= 0.6 is 11.3 Å². The van der Waals surface area contributed by atoms with Crippen molar-refractivity contribution in [3.05, 3.63) is 42.4 Å². The molecule has 110 valence electrons. The number of aromatic amines is 1. The molecule has 0 atom stereocenters. The lowest BCUT2D eigenvalue weighted by Gasteiger charge is -2.19. The van der Waals surface area contributed by atoms with Gasteiger partial charge in [-0.25, -0.2) is 4.98 Å². The minimum atomic E-state index is 0.154. The fourth-order valence-electron chi connectivity index (χ4n) is 2.29. The largest absolute Gasteiger partial charge is 0.341 e. The third-order valence-electron chi connectivity index (χ3n) is 3.34. The zero-order valence-electron chi connectivity index (χ0n) is 12.7. The molecule has 3 nitrogen and oxygen atoms in total. The molecular weight excluding hydrogens is 278 g/mol. The Balaban J connectivity index is 1.72. The summed E-state index contributed by atoms with van der Waals surface area (Å²) in [7, 11) is 0. The first-order valence-corrected chi connectivity index (χ1v) is 8.11. The highest BCUT2D eigenvalue weighted by molar-refractivity contribution is 7.22.